The average Bonchev–Trinajstić information content (AvgIpc) is 2.37. The molecule has 0 heterocycles. The van der Waals surface area contributed by atoms with Gasteiger partial charge in [0.2, 0.25) is 5.91 Å². The number of aliphatic carboxylic acids is 1. The Morgan fingerprint density at radius 3 is 2.28 bits per heavy atom. The molecule has 1 unspecified atom stereocenters. The SMILES string of the molecule is CCCc1ccc(N(C)C(=O)C(C)C(=O)O)cc1. The zero-order valence-electron chi connectivity index (χ0n) is 11.0. The van der Waals surface area contributed by atoms with E-state index in [1.54, 1.807) is 7.05 Å². The summed E-state index contributed by atoms with van der Waals surface area (Å²) in [6, 6.07) is 7.62. The van der Waals surface area contributed by atoms with E-state index in [4.69, 9.17) is 5.11 Å². The van der Waals surface area contributed by atoms with Gasteiger partial charge in [-0.25, -0.2) is 0 Å². The molecular weight excluding hydrogens is 230 g/mol. The summed E-state index contributed by atoms with van der Waals surface area (Å²) in [6.45, 7) is 3.50. The molecule has 1 amide bonds. The molecule has 0 aromatic heterocycles. The van der Waals surface area contributed by atoms with Crippen LogP contribution in [-0.2, 0) is 16.0 Å². The van der Waals surface area contributed by atoms with Crippen LogP contribution in [0.25, 0.3) is 0 Å². The molecule has 0 spiro atoms. The molecule has 0 saturated heterocycles. The van der Waals surface area contributed by atoms with Crippen LogP contribution in [0.15, 0.2) is 24.3 Å². The van der Waals surface area contributed by atoms with Crippen LogP contribution in [0.5, 0.6) is 0 Å². The monoisotopic (exact) mass is 249 g/mol. The Morgan fingerprint density at radius 2 is 1.83 bits per heavy atom. The van der Waals surface area contributed by atoms with Gasteiger partial charge in [-0.05, 0) is 31.0 Å². The number of nitrogens with zero attached hydrogens (tertiary/aromatic N) is 1. The normalized spacial score (nSPS) is 11.9. The van der Waals surface area contributed by atoms with Crippen LogP contribution >= 0.6 is 0 Å². The second-order valence-corrected chi connectivity index (χ2v) is 4.37. The molecule has 1 N–H and O–H groups in total. The van der Waals surface area contributed by atoms with E-state index in [9.17, 15) is 9.59 Å². The number of hydrogen-bond acceptors (Lipinski definition) is 2. The highest BCUT2D eigenvalue weighted by Gasteiger charge is 2.24. The van der Waals surface area contributed by atoms with Gasteiger partial charge in [-0.1, -0.05) is 25.5 Å². The van der Waals surface area contributed by atoms with Gasteiger partial charge in [-0.15, -0.1) is 0 Å². The lowest BCUT2D eigenvalue weighted by Crippen LogP contribution is -2.35. The maximum Gasteiger partial charge on any atom is 0.315 e. The Bertz CT molecular complexity index is 425. The lowest BCUT2D eigenvalue weighted by atomic mass is 10.1. The van der Waals surface area contributed by atoms with E-state index in [1.807, 2.05) is 24.3 Å². The number of anilines is 1. The van der Waals surface area contributed by atoms with Crippen LogP contribution in [0, 0.1) is 5.92 Å². The summed E-state index contributed by atoms with van der Waals surface area (Å²) in [7, 11) is 1.59. The van der Waals surface area contributed by atoms with E-state index in [-0.39, 0.29) is 0 Å². The van der Waals surface area contributed by atoms with Gasteiger partial charge < -0.3 is 10.0 Å². The topological polar surface area (TPSA) is 57.6 Å². The molecule has 1 aromatic carbocycles. The molecule has 18 heavy (non-hydrogen) atoms. The van der Waals surface area contributed by atoms with Crippen LogP contribution in [0.2, 0.25) is 0 Å². The van der Waals surface area contributed by atoms with E-state index in [0.717, 1.165) is 12.8 Å². The highest BCUT2D eigenvalue weighted by Crippen LogP contribution is 2.17. The van der Waals surface area contributed by atoms with Crippen LogP contribution in [0.3, 0.4) is 0 Å². The maximum absolute atomic E-state index is 11.8. The maximum atomic E-state index is 11.8. The number of carboxylic acids is 1. The Morgan fingerprint density at radius 1 is 1.28 bits per heavy atom. The largest absolute Gasteiger partial charge is 0.481 e. The number of hydrogen-bond donors (Lipinski definition) is 1. The Kier molecular flexibility index (Phi) is 4.89. The van der Waals surface area contributed by atoms with Crippen molar-refractivity contribution in [2.24, 2.45) is 5.92 Å². The van der Waals surface area contributed by atoms with Crippen molar-refractivity contribution in [1.82, 2.24) is 0 Å². The fourth-order valence-corrected chi connectivity index (χ4v) is 1.70. The molecule has 0 aliphatic rings. The lowest BCUT2D eigenvalue weighted by Gasteiger charge is -2.19. The third kappa shape index (κ3) is 3.32. The minimum absolute atomic E-state index is 0.411. The number of rotatable bonds is 5. The molecule has 0 bridgehead atoms. The number of benzene rings is 1. The molecule has 1 atom stereocenters. The molecule has 4 nitrogen and oxygen atoms in total. The summed E-state index contributed by atoms with van der Waals surface area (Å²) >= 11 is 0. The number of carbonyl (C=O) groups is 2. The molecule has 0 saturated carbocycles. The predicted octanol–water partition coefficient (Wildman–Crippen LogP) is 2.32. The summed E-state index contributed by atoms with van der Waals surface area (Å²) in [5.74, 6) is -2.54. The van der Waals surface area contributed by atoms with E-state index in [1.165, 1.54) is 17.4 Å². The minimum atomic E-state index is -1.10. The average molecular weight is 249 g/mol. The van der Waals surface area contributed by atoms with Gasteiger partial charge >= 0.3 is 5.97 Å². The fourth-order valence-electron chi connectivity index (χ4n) is 1.70. The first-order valence-electron chi connectivity index (χ1n) is 6.06. The van der Waals surface area contributed by atoms with E-state index in [0.29, 0.717) is 5.69 Å². The van der Waals surface area contributed by atoms with Gasteiger partial charge in [-0.3, -0.25) is 9.59 Å². The zero-order chi connectivity index (χ0) is 13.7. The zero-order valence-corrected chi connectivity index (χ0v) is 11.0. The lowest BCUT2D eigenvalue weighted by molar-refractivity contribution is -0.145. The molecule has 1 aromatic rings. The van der Waals surface area contributed by atoms with Gasteiger partial charge in [0.05, 0.1) is 0 Å². The van der Waals surface area contributed by atoms with Gasteiger partial charge in [0, 0.05) is 12.7 Å². The quantitative estimate of drug-likeness (QED) is 0.815. The first-order valence-corrected chi connectivity index (χ1v) is 6.06. The minimum Gasteiger partial charge on any atom is -0.481 e. The van der Waals surface area contributed by atoms with Crippen LogP contribution in [-0.4, -0.2) is 24.0 Å². The summed E-state index contributed by atoms with van der Waals surface area (Å²) in [4.78, 5) is 24.0. The highest BCUT2D eigenvalue weighted by molar-refractivity contribution is 6.05. The van der Waals surface area contributed by atoms with Crippen molar-refractivity contribution >= 4 is 17.6 Å². The molecule has 4 heteroatoms. The van der Waals surface area contributed by atoms with Crippen molar-refractivity contribution in [2.45, 2.75) is 26.7 Å². The van der Waals surface area contributed by atoms with Crippen molar-refractivity contribution in [3.05, 3.63) is 29.8 Å². The van der Waals surface area contributed by atoms with Crippen molar-refractivity contribution in [2.75, 3.05) is 11.9 Å². The summed E-state index contributed by atoms with van der Waals surface area (Å²) < 4.78 is 0. The molecule has 98 valence electrons. The van der Waals surface area contributed by atoms with E-state index < -0.39 is 17.8 Å². The number of carbonyl (C=O) groups excluding carboxylic acids is 1. The molecule has 0 aliphatic carbocycles. The summed E-state index contributed by atoms with van der Waals surface area (Å²) in [5.41, 5.74) is 1.93. The van der Waals surface area contributed by atoms with Crippen LogP contribution < -0.4 is 4.90 Å². The van der Waals surface area contributed by atoms with Crippen LogP contribution in [0.1, 0.15) is 25.8 Å². The van der Waals surface area contributed by atoms with Gasteiger partial charge in [0.1, 0.15) is 5.92 Å². The third-order valence-corrected chi connectivity index (χ3v) is 2.93. The van der Waals surface area contributed by atoms with Crippen LogP contribution in [0.4, 0.5) is 5.69 Å². The number of carboxylic acid groups (broad SMARTS) is 1. The first kappa shape index (κ1) is 14.2. The second-order valence-electron chi connectivity index (χ2n) is 4.37. The molecular formula is C14H19NO3. The van der Waals surface area contributed by atoms with Crippen molar-refractivity contribution in [1.29, 1.82) is 0 Å². The van der Waals surface area contributed by atoms with Gasteiger partial charge in [0.15, 0.2) is 0 Å². The Hall–Kier alpha value is -1.84. The molecule has 1 rings (SSSR count). The smallest absolute Gasteiger partial charge is 0.315 e. The van der Waals surface area contributed by atoms with E-state index in [2.05, 4.69) is 6.92 Å². The van der Waals surface area contributed by atoms with Gasteiger partial charge in [-0.2, -0.15) is 0 Å². The summed E-state index contributed by atoms with van der Waals surface area (Å²) in [6.07, 6.45) is 2.08. The fraction of sp³-hybridized carbons (Fsp3) is 0.429. The predicted molar refractivity (Wildman–Crippen MR) is 70.6 cm³/mol. The number of aryl methyl sites for hydroxylation is 1. The standard InChI is InChI=1S/C14H19NO3/c1-4-5-11-6-8-12(9-7-11)15(3)13(16)10(2)14(17)18/h6-10H,4-5H2,1-3H3,(H,17,18). The van der Waals surface area contributed by atoms with Crippen molar-refractivity contribution in [3.63, 3.8) is 0 Å². The third-order valence-electron chi connectivity index (χ3n) is 2.93. The van der Waals surface area contributed by atoms with Gasteiger partial charge in [0.25, 0.3) is 0 Å². The van der Waals surface area contributed by atoms with Crippen molar-refractivity contribution < 1.29 is 14.7 Å². The molecule has 0 radical (unpaired) electrons. The van der Waals surface area contributed by atoms with E-state index >= 15 is 0 Å². The van der Waals surface area contributed by atoms with Crippen molar-refractivity contribution in [3.8, 4) is 0 Å². The molecule has 0 fully saturated rings. The summed E-state index contributed by atoms with van der Waals surface area (Å²) in [5, 5.41) is 8.81. The first-order chi connectivity index (χ1) is 8.47. The molecule has 0 aliphatic heterocycles. The second kappa shape index (κ2) is 6.19. The highest BCUT2D eigenvalue weighted by atomic mass is 16.4. The number of amides is 1. The Labute approximate surface area is 107 Å². The Balaban J connectivity index is 2.80.